The molecule has 2 aromatic rings. The Morgan fingerprint density at radius 2 is 1.96 bits per heavy atom. The van der Waals surface area contributed by atoms with Gasteiger partial charge < -0.3 is 10.0 Å². The van der Waals surface area contributed by atoms with Crippen molar-refractivity contribution in [3.8, 4) is 5.75 Å². The number of hydrazone groups is 1. The van der Waals surface area contributed by atoms with Gasteiger partial charge >= 0.3 is 0 Å². The standard InChI is InChI=1S/C17H20N4O2/c1-3-21(4-2)15-6-5-14(16(22)11-15)12-19-20-17(23)13-7-9-18-10-8-13/h5-12,22H,3-4H2,1-2H3,(H,20,23)/b19-12-. The number of carbonyl (C=O) groups is 1. The Bertz CT molecular complexity index is 682. The number of carbonyl (C=O) groups excluding carboxylic acids is 1. The first kappa shape index (κ1) is 16.5. The minimum absolute atomic E-state index is 0.122. The van der Waals surface area contributed by atoms with E-state index in [1.54, 1.807) is 24.3 Å². The highest BCUT2D eigenvalue weighted by Crippen LogP contribution is 2.23. The molecule has 0 unspecified atom stereocenters. The summed E-state index contributed by atoms with van der Waals surface area (Å²) in [6.07, 6.45) is 4.49. The van der Waals surface area contributed by atoms with Crippen molar-refractivity contribution >= 4 is 17.8 Å². The van der Waals surface area contributed by atoms with Gasteiger partial charge in [0, 0.05) is 48.4 Å². The Kier molecular flexibility index (Phi) is 5.68. The first-order valence-corrected chi connectivity index (χ1v) is 7.47. The van der Waals surface area contributed by atoms with E-state index in [2.05, 4.69) is 34.3 Å². The van der Waals surface area contributed by atoms with Crippen LogP contribution < -0.4 is 10.3 Å². The first-order chi connectivity index (χ1) is 11.2. The topological polar surface area (TPSA) is 77.8 Å². The number of benzene rings is 1. The number of aromatic nitrogens is 1. The van der Waals surface area contributed by atoms with Crippen LogP contribution in [-0.4, -0.2) is 35.3 Å². The van der Waals surface area contributed by atoms with Crippen molar-refractivity contribution < 1.29 is 9.90 Å². The van der Waals surface area contributed by atoms with Gasteiger partial charge in [-0.05, 0) is 38.1 Å². The average molecular weight is 312 g/mol. The van der Waals surface area contributed by atoms with Crippen LogP contribution in [0, 0.1) is 0 Å². The molecule has 1 aromatic carbocycles. The number of aromatic hydroxyl groups is 1. The van der Waals surface area contributed by atoms with Crippen molar-refractivity contribution in [2.45, 2.75) is 13.8 Å². The van der Waals surface area contributed by atoms with Gasteiger partial charge in [-0.15, -0.1) is 0 Å². The van der Waals surface area contributed by atoms with Crippen LogP contribution in [0.15, 0.2) is 47.8 Å². The van der Waals surface area contributed by atoms with E-state index in [0.717, 1.165) is 18.8 Å². The lowest BCUT2D eigenvalue weighted by Gasteiger charge is -2.21. The third-order valence-electron chi connectivity index (χ3n) is 3.45. The van der Waals surface area contributed by atoms with E-state index < -0.39 is 0 Å². The number of nitrogens with one attached hydrogen (secondary N) is 1. The Labute approximate surface area is 135 Å². The quantitative estimate of drug-likeness (QED) is 0.634. The molecule has 0 atom stereocenters. The molecular formula is C17H20N4O2. The lowest BCUT2D eigenvalue weighted by Crippen LogP contribution is -2.21. The van der Waals surface area contributed by atoms with Gasteiger partial charge in [0.15, 0.2) is 0 Å². The van der Waals surface area contributed by atoms with Crippen molar-refractivity contribution in [2.75, 3.05) is 18.0 Å². The number of anilines is 1. The molecule has 6 nitrogen and oxygen atoms in total. The predicted molar refractivity (Wildman–Crippen MR) is 91.0 cm³/mol. The second kappa shape index (κ2) is 7.93. The van der Waals surface area contributed by atoms with Gasteiger partial charge in [0.05, 0.1) is 6.21 Å². The van der Waals surface area contributed by atoms with Crippen LogP contribution in [0.5, 0.6) is 5.75 Å². The van der Waals surface area contributed by atoms with Crippen LogP contribution in [0.25, 0.3) is 0 Å². The summed E-state index contributed by atoms with van der Waals surface area (Å²) in [4.78, 5) is 17.8. The summed E-state index contributed by atoms with van der Waals surface area (Å²) in [5, 5.41) is 13.9. The van der Waals surface area contributed by atoms with E-state index in [1.807, 2.05) is 6.07 Å². The zero-order valence-electron chi connectivity index (χ0n) is 13.2. The molecule has 1 aromatic heterocycles. The summed E-state index contributed by atoms with van der Waals surface area (Å²) >= 11 is 0. The summed E-state index contributed by atoms with van der Waals surface area (Å²) in [7, 11) is 0. The number of phenols is 1. The molecule has 0 saturated heterocycles. The number of pyridine rings is 1. The third kappa shape index (κ3) is 4.29. The summed E-state index contributed by atoms with van der Waals surface area (Å²) < 4.78 is 0. The predicted octanol–water partition coefficient (Wildman–Crippen LogP) is 2.40. The zero-order valence-corrected chi connectivity index (χ0v) is 13.2. The van der Waals surface area contributed by atoms with Gasteiger partial charge in [-0.25, -0.2) is 5.43 Å². The Hall–Kier alpha value is -2.89. The fourth-order valence-corrected chi connectivity index (χ4v) is 2.15. The lowest BCUT2D eigenvalue weighted by atomic mass is 10.2. The summed E-state index contributed by atoms with van der Waals surface area (Å²) in [5.41, 5.74) is 4.37. The molecule has 2 N–H and O–H groups in total. The normalized spacial score (nSPS) is 10.7. The summed E-state index contributed by atoms with van der Waals surface area (Å²) in [6.45, 7) is 5.85. The molecule has 0 saturated carbocycles. The van der Waals surface area contributed by atoms with Crippen molar-refractivity contribution in [3.63, 3.8) is 0 Å². The monoisotopic (exact) mass is 312 g/mol. The molecule has 1 amide bonds. The lowest BCUT2D eigenvalue weighted by molar-refractivity contribution is 0.0955. The van der Waals surface area contributed by atoms with E-state index in [1.165, 1.54) is 18.6 Å². The second-order valence-corrected chi connectivity index (χ2v) is 4.85. The molecule has 0 bridgehead atoms. The van der Waals surface area contributed by atoms with E-state index in [0.29, 0.717) is 11.1 Å². The van der Waals surface area contributed by atoms with Crippen LogP contribution in [0.1, 0.15) is 29.8 Å². The van der Waals surface area contributed by atoms with E-state index >= 15 is 0 Å². The van der Waals surface area contributed by atoms with Gasteiger partial charge in [0.2, 0.25) is 0 Å². The number of nitrogens with zero attached hydrogens (tertiary/aromatic N) is 3. The highest BCUT2D eigenvalue weighted by molar-refractivity contribution is 5.95. The fourth-order valence-electron chi connectivity index (χ4n) is 2.15. The van der Waals surface area contributed by atoms with Crippen LogP contribution in [0.3, 0.4) is 0 Å². The number of phenolic OH excluding ortho intramolecular Hbond substituents is 1. The summed E-state index contributed by atoms with van der Waals surface area (Å²) in [6, 6.07) is 8.57. The van der Waals surface area contributed by atoms with Crippen molar-refractivity contribution in [3.05, 3.63) is 53.9 Å². The highest BCUT2D eigenvalue weighted by Gasteiger charge is 2.06. The average Bonchev–Trinajstić information content (AvgIpc) is 2.58. The van der Waals surface area contributed by atoms with Crippen LogP contribution in [-0.2, 0) is 0 Å². The Morgan fingerprint density at radius 3 is 2.57 bits per heavy atom. The maximum absolute atomic E-state index is 11.8. The van der Waals surface area contributed by atoms with Gasteiger partial charge in [0.25, 0.3) is 5.91 Å². The second-order valence-electron chi connectivity index (χ2n) is 4.85. The minimum Gasteiger partial charge on any atom is -0.507 e. The van der Waals surface area contributed by atoms with E-state index in [-0.39, 0.29) is 11.7 Å². The third-order valence-corrected chi connectivity index (χ3v) is 3.45. The smallest absolute Gasteiger partial charge is 0.271 e. The van der Waals surface area contributed by atoms with Gasteiger partial charge in [-0.2, -0.15) is 5.10 Å². The number of hydrogen-bond acceptors (Lipinski definition) is 5. The Morgan fingerprint density at radius 1 is 1.26 bits per heavy atom. The van der Waals surface area contributed by atoms with Crippen LogP contribution in [0.2, 0.25) is 0 Å². The zero-order chi connectivity index (χ0) is 16.7. The number of amides is 1. The minimum atomic E-state index is -0.331. The molecule has 1 heterocycles. The number of rotatable bonds is 6. The molecule has 120 valence electrons. The highest BCUT2D eigenvalue weighted by atomic mass is 16.3. The molecule has 0 aliphatic carbocycles. The SMILES string of the molecule is CCN(CC)c1ccc(/C=N\NC(=O)c2ccncc2)c(O)c1. The Balaban J connectivity index is 2.04. The molecule has 0 radical (unpaired) electrons. The molecule has 0 aliphatic rings. The molecule has 6 heteroatoms. The maximum Gasteiger partial charge on any atom is 0.271 e. The van der Waals surface area contributed by atoms with Gasteiger partial charge in [-0.1, -0.05) is 0 Å². The van der Waals surface area contributed by atoms with Crippen LogP contribution in [0.4, 0.5) is 5.69 Å². The largest absolute Gasteiger partial charge is 0.507 e. The molecule has 0 aliphatic heterocycles. The first-order valence-electron chi connectivity index (χ1n) is 7.47. The molecule has 0 fully saturated rings. The molecule has 2 rings (SSSR count). The van der Waals surface area contributed by atoms with E-state index in [4.69, 9.17) is 0 Å². The fraction of sp³-hybridized carbons (Fsp3) is 0.235. The van der Waals surface area contributed by atoms with Gasteiger partial charge in [0.1, 0.15) is 5.75 Å². The van der Waals surface area contributed by atoms with Crippen molar-refractivity contribution in [1.29, 1.82) is 0 Å². The van der Waals surface area contributed by atoms with Gasteiger partial charge in [-0.3, -0.25) is 9.78 Å². The summed E-state index contributed by atoms with van der Waals surface area (Å²) in [5.74, 6) is -0.209. The van der Waals surface area contributed by atoms with Crippen molar-refractivity contribution in [1.82, 2.24) is 10.4 Å². The molecular weight excluding hydrogens is 292 g/mol. The van der Waals surface area contributed by atoms with Crippen LogP contribution >= 0.6 is 0 Å². The molecule has 23 heavy (non-hydrogen) atoms. The van der Waals surface area contributed by atoms with Crippen molar-refractivity contribution in [2.24, 2.45) is 5.10 Å². The number of hydrogen-bond donors (Lipinski definition) is 2. The van der Waals surface area contributed by atoms with E-state index in [9.17, 15) is 9.90 Å². The molecule has 0 spiro atoms. The maximum atomic E-state index is 11.8.